The lowest BCUT2D eigenvalue weighted by molar-refractivity contribution is -0.132. The second-order valence-electron chi connectivity index (χ2n) is 9.39. The van der Waals surface area contributed by atoms with Crippen molar-refractivity contribution in [3.8, 4) is 5.75 Å². The molecule has 2 atom stereocenters. The van der Waals surface area contributed by atoms with Gasteiger partial charge in [-0.15, -0.1) is 0 Å². The highest BCUT2D eigenvalue weighted by atomic mass is 32.2. The third kappa shape index (κ3) is 6.47. The van der Waals surface area contributed by atoms with Crippen molar-refractivity contribution in [2.24, 2.45) is 5.73 Å². The molecular formula is C23H32N4O6SSi. The first-order valence-electron chi connectivity index (χ1n) is 11.1. The number of amides is 2. The van der Waals surface area contributed by atoms with Crippen LogP contribution in [-0.4, -0.2) is 52.0 Å². The number of fused-ring (bicyclic) bond motifs is 1. The fourth-order valence-electron chi connectivity index (χ4n) is 3.52. The van der Waals surface area contributed by atoms with Crippen LogP contribution in [0.5, 0.6) is 5.75 Å². The van der Waals surface area contributed by atoms with Crippen LogP contribution in [0.25, 0.3) is 0 Å². The molecule has 12 heteroatoms. The first-order valence-corrected chi connectivity index (χ1v) is 16.0. The van der Waals surface area contributed by atoms with Gasteiger partial charge in [0.25, 0.3) is 5.91 Å². The summed E-state index contributed by atoms with van der Waals surface area (Å²) in [6, 6.07) is 9.47. The summed E-state index contributed by atoms with van der Waals surface area (Å²) in [5, 5.41) is 2.72. The highest BCUT2D eigenvalue weighted by Gasteiger charge is 2.40. The van der Waals surface area contributed by atoms with E-state index in [1.807, 2.05) is 19.6 Å². The van der Waals surface area contributed by atoms with Gasteiger partial charge in [0.05, 0.1) is 18.0 Å². The molecule has 1 heterocycles. The summed E-state index contributed by atoms with van der Waals surface area (Å²) in [6.45, 7) is 7.24. The minimum atomic E-state index is -4.06. The molecule has 2 aromatic carbocycles. The molecule has 0 bridgehead atoms. The SMILES string of the molecule is COc1ccc(S(=O)(=O)N2Cc3cc(NC(=O)[C@H](C)N)ccc3C[C@@H]2C(=O)NO[Si](C)(C)C)cc1. The van der Waals surface area contributed by atoms with Gasteiger partial charge < -0.3 is 20.3 Å². The minimum Gasteiger partial charge on any atom is -0.497 e. The molecule has 3 rings (SSSR count). The fourth-order valence-corrected chi connectivity index (χ4v) is 5.50. The molecule has 0 unspecified atom stereocenters. The zero-order chi connectivity index (χ0) is 26.0. The molecule has 0 aliphatic carbocycles. The Morgan fingerprint density at radius 2 is 1.77 bits per heavy atom. The Labute approximate surface area is 206 Å². The number of hydroxylamine groups is 1. The van der Waals surface area contributed by atoms with Crippen LogP contribution in [0.15, 0.2) is 47.4 Å². The Bertz CT molecular complexity index is 1200. The van der Waals surface area contributed by atoms with Gasteiger partial charge in [0, 0.05) is 12.2 Å². The molecule has 0 spiro atoms. The number of sulfonamides is 1. The maximum atomic E-state index is 13.7. The fraction of sp³-hybridized carbons (Fsp3) is 0.391. The lowest BCUT2D eigenvalue weighted by Gasteiger charge is -2.35. The molecule has 0 fully saturated rings. The smallest absolute Gasteiger partial charge is 0.261 e. The van der Waals surface area contributed by atoms with E-state index in [0.29, 0.717) is 17.0 Å². The molecule has 1 aliphatic heterocycles. The average molecular weight is 521 g/mol. The summed E-state index contributed by atoms with van der Waals surface area (Å²) in [5.74, 6) is -0.381. The maximum absolute atomic E-state index is 13.7. The molecule has 4 N–H and O–H groups in total. The highest BCUT2D eigenvalue weighted by Crippen LogP contribution is 2.31. The van der Waals surface area contributed by atoms with Crippen LogP contribution < -0.4 is 21.3 Å². The molecule has 2 amide bonds. The number of ether oxygens (including phenoxy) is 1. The largest absolute Gasteiger partial charge is 0.497 e. The van der Waals surface area contributed by atoms with E-state index < -0.39 is 36.3 Å². The Balaban J connectivity index is 1.98. The Morgan fingerprint density at radius 1 is 1.11 bits per heavy atom. The van der Waals surface area contributed by atoms with E-state index in [9.17, 15) is 18.0 Å². The molecule has 190 valence electrons. The Kier molecular flexibility index (Phi) is 8.02. The quantitative estimate of drug-likeness (QED) is 0.357. The van der Waals surface area contributed by atoms with Crippen LogP contribution in [0.4, 0.5) is 5.69 Å². The van der Waals surface area contributed by atoms with E-state index in [1.54, 1.807) is 37.3 Å². The van der Waals surface area contributed by atoms with Gasteiger partial charge in [0.2, 0.25) is 24.2 Å². The van der Waals surface area contributed by atoms with Gasteiger partial charge in [-0.1, -0.05) is 6.07 Å². The maximum Gasteiger partial charge on any atom is 0.261 e. The molecule has 0 saturated heterocycles. The minimum absolute atomic E-state index is 0.0343. The number of nitrogens with zero attached hydrogens (tertiary/aromatic N) is 1. The zero-order valence-corrected chi connectivity index (χ0v) is 22.3. The van der Waals surface area contributed by atoms with Crippen molar-refractivity contribution >= 4 is 35.8 Å². The predicted molar refractivity (Wildman–Crippen MR) is 135 cm³/mol. The normalized spacial score (nSPS) is 17.3. The van der Waals surface area contributed by atoms with Crippen molar-refractivity contribution in [3.05, 3.63) is 53.6 Å². The number of anilines is 1. The first-order chi connectivity index (χ1) is 16.3. The highest BCUT2D eigenvalue weighted by molar-refractivity contribution is 7.89. The summed E-state index contributed by atoms with van der Waals surface area (Å²) in [6.07, 6.45) is 0.146. The van der Waals surface area contributed by atoms with E-state index in [1.165, 1.54) is 19.2 Å². The monoisotopic (exact) mass is 520 g/mol. The number of rotatable bonds is 8. The molecule has 0 radical (unpaired) electrons. The molecule has 35 heavy (non-hydrogen) atoms. The van der Waals surface area contributed by atoms with Crippen LogP contribution in [0, 0.1) is 0 Å². The first kappa shape index (κ1) is 26.8. The van der Waals surface area contributed by atoms with Crippen LogP contribution in [0.2, 0.25) is 19.6 Å². The van der Waals surface area contributed by atoms with Gasteiger partial charge in [0.1, 0.15) is 11.8 Å². The van der Waals surface area contributed by atoms with Gasteiger partial charge in [-0.3, -0.25) is 9.59 Å². The lowest BCUT2D eigenvalue weighted by Crippen LogP contribution is -2.53. The van der Waals surface area contributed by atoms with Crippen LogP contribution in [0.1, 0.15) is 18.1 Å². The number of methoxy groups -OCH3 is 1. The number of hydrogen-bond acceptors (Lipinski definition) is 7. The third-order valence-corrected chi connectivity index (χ3v) is 7.98. The molecule has 10 nitrogen and oxygen atoms in total. The standard InChI is InChI=1S/C23H32N4O6SSi/c1-15(24)22(28)25-18-7-6-16-13-21(23(29)26-33-35(3,4)5)27(14-17(16)12-18)34(30,31)20-10-8-19(32-2)9-11-20/h6-12,15,21H,13-14,24H2,1-5H3,(H,25,28)(H,26,29)/t15-,21+/m0/s1. The summed E-state index contributed by atoms with van der Waals surface area (Å²) in [5.41, 5.74) is 10.1. The van der Waals surface area contributed by atoms with Gasteiger partial charge in [-0.2, -0.15) is 4.31 Å². The van der Waals surface area contributed by atoms with E-state index >= 15 is 0 Å². The number of nitrogens with two attached hydrogens (primary N) is 1. The Morgan fingerprint density at radius 3 is 2.34 bits per heavy atom. The summed E-state index contributed by atoms with van der Waals surface area (Å²) in [4.78, 5) is 25.2. The second-order valence-corrected chi connectivity index (χ2v) is 15.7. The molecular weight excluding hydrogens is 488 g/mol. The van der Waals surface area contributed by atoms with Gasteiger partial charge in [-0.25, -0.2) is 13.9 Å². The predicted octanol–water partition coefficient (Wildman–Crippen LogP) is 1.98. The number of benzene rings is 2. The number of carbonyl (C=O) groups is 2. The zero-order valence-electron chi connectivity index (χ0n) is 20.5. The second kappa shape index (κ2) is 10.5. The molecule has 0 saturated carbocycles. The van der Waals surface area contributed by atoms with Crippen LogP contribution in [0.3, 0.4) is 0 Å². The molecule has 0 aromatic heterocycles. The van der Waals surface area contributed by atoms with Crippen molar-refractivity contribution < 1.29 is 27.3 Å². The average Bonchev–Trinajstić information content (AvgIpc) is 2.81. The van der Waals surface area contributed by atoms with Crippen molar-refractivity contribution in [2.75, 3.05) is 12.4 Å². The number of carbonyl (C=O) groups excluding carboxylic acids is 2. The van der Waals surface area contributed by atoms with E-state index in [4.69, 9.17) is 15.0 Å². The van der Waals surface area contributed by atoms with Crippen LogP contribution in [-0.2, 0) is 37.1 Å². The summed E-state index contributed by atoms with van der Waals surface area (Å²) >= 11 is 0. The lowest BCUT2D eigenvalue weighted by atomic mass is 9.95. The number of nitrogens with one attached hydrogen (secondary N) is 2. The van der Waals surface area contributed by atoms with Crippen molar-refractivity contribution in [1.82, 2.24) is 9.79 Å². The van der Waals surface area contributed by atoms with Crippen molar-refractivity contribution in [1.29, 1.82) is 0 Å². The van der Waals surface area contributed by atoms with Gasteiger partial charge in [-0.05, 0) is 80.5 Å². The van der Waals surface area contributed by atoms with Crippen LogP contribution >= 0.6 is 0 Å². The van der Waals surface area contributed by atoms with Gasteiger partial charge >= 0.3 is 0 Å². The summed E-state index contributed by atoms with van der Waals surface area (Å²) < 4.78 is 39.2. The van der Waals surface area contributed by atoms with Gasteiger partial charge in [0.15, 0.2) is 0 Å². The number of hydrogen-bond donors (Lipinski definition) is 3. The van der Waals surface area contributed by atoms with Crippen molar-refractivity contribution in [3.63, 3.8) is 0 Å². The van der Waals surface area contributed by atoms with E-state index in [2.05, 4.69) is 10.8 Å². The van der Waals surface area contributed by atoms with E-state index in [-0.39, 0.29) is 23.8 Å². The summed E-state index contributed by atoms with van der Waals surface area (Å²) in [7, 11) is -4.66. The Hall–Kier alpha value is -2.77. The third-order valence-electron chi connectivity index (χ3n) is 5.40. The molecule has 2 aromatic rings. The van der Waals surface area contributed by atoms with Crippen molar-refractivity contribution in [2.45, 2.75) is 56.5 Å². The van der Waals surface area contributed by atoms with E-state index in [0.717, 1.165) is 9.87 Å². The molecule has 1 aliphatic rings. The topological polar surface area (TPSA) is 140 Å².